The third kappa shape index (κ3) is 3.22. The van der Waals surface area contributed by atoms with Crippen LogP contribution in [0.3, 0.4) is 0 Å². The van der Waals surface area contributed by atoms with Gasteiger partial charge in [0.15, 0.2) is 0 Å². The second-order valence-corrected chi connectivity index (χ2v) is 7.22. The SMILES string of the molecule is CCOc1ccc(-c2nc3ccc(-c4nc5ccc(C(C)=N)cc5[nH]4)cc3[nH]2)cc1. The third-order valence-corrected chi connectivity index (χ3v) is 5.11. The van der Waals surface area contributed by atoms with Crippen LogP contribution < -0.4 is 4.74 Å². The molecule has 0 fully saturated rings. The first-order valence-electron chi connectivity index (χ1n) is 9.89. The summed E-state index contributed by atoms with van der Waals surface area (Å²) < 4.78 is 5.51. The third-order valence-electron chi connectivity index (χ3n) is 5.11. The van der Waals surface area contributed by atoms with Crippen molar-refractivity contribution in [3.05, 3.63) is 66.2 Å². The first-order chi connectivity index (χ1) is 14.6. The quantitative estimate of drug-likeness (QED) is 0.340. The van der Waals surface area contributed by atoms with E-state index < -0.39 is 0 Å². The Kier molecular flexibility index (Phi) is 4.32. The summed E-state index contributed by atoms with van der Waals surface area (Å²) >= 11 is 0. The lowest BCUT2D eigenvalue weighted by Gasteiger charge is -2.02. The van der Waals surface area contributed by atoms with Crippen molar-refractivity contribution in [3.8, 4) is 28.5 Å². The Morgan fingerprint density at radius 2 is 1.43 bits per heavy atom. The molecule has 2 aromatic heterocycles. The van der Waals surface area contributed by atoms with Crippen LogP contribution >= 0.6 is 0 Å². The number of H-pyrrole nitrogens is 2. The maximum absolute atomic E-state index is 7.83. The molecule has 0 saturated heterocycles. The molecule has 0 amide bonds. The molecule has 3 N–H and O–H groups in total. The lowest BCUT2D eigenvalue weighted by molar-refractivity contribution is 0.340. The van der Waals surface area contributed by atoms with Crippen molar-refractivity contribution < 1.29 is 4.74 Å². The van der Waals surface area contributed by atoms with Gasteiger partial charge < -0.3 is 20.1 Å². The summed E-state index contributed by atoms with van der Waals surface area (Å²) in [5.74, 6) is 2.47. The molecule has 0 radical (unpaired) electrons. The van der Waals surface area contributed by atoms with Crippen molar-refractivity contribution in [3.63, 3.8) is 0 Å². The minimum absolute atomic E-state index is 0.536. The van der Waals surface area contributed by atoms with Crippen LogP contribution in [0.25, 0.3) is 44.8 Å². The molecule has 0 aliphatic carbocycles. The molecule has 2 heterocycles. The largest absolute Gasteiger partial charge is 0.494 e. The van der Waals surface area contributed by atoms with Gasteiger partial charge in [-0.1, -0.05) is 6.07 Å². The summed E-state index contributed by atoms with van der Waals surface area (Å²) in [4.78, 5) is 16.2. The molecule has 0 aliphatic heterocycles. The number of ether oxygens (including phenoxy) is 1. The van der Waals surface area contributed by atoms with E-state index in [1.54, 1.807) is 6.92 Å². The molecule has 148 valence electrons. The summed E-state index contributed by atoms with van der Waals surface area (Å²) in [5, 5.41) is 7.83. The predicted molar refractivity (Wildman–Crippen MR) is 120 cm³/mol. The van der Waals surface area contributed by atoms with Gasteiger partial charge in [-0.05, 0) is 74.0 Å². The Labute approximate surface area is 173 Å². The van der Waals surface area contributed by atoms with E-state index in [0.29, 0.717) is 12.3 Å². The Morgan fingerprint density at radius 1 is 0.833 bits per heavy atom. The highest BCUT2D eigenvalue weighted by atomic mass is 16.5. The highest BCUT2D eigenvalue weighted by molar-refractivity contribution is 5.99. The first-order valence-corrected chi connectivity index (χ1v) is 9.89. The van der Waals surface area contributed by atoms with Crippen LogP contribution in [0.15, 0.2) is 60.7 Å². The summed E-state index contributed by atoms with van der Waals surface area (Å²) in [6.45, 7) is 4.41. The second kappa shape index (κ2) is 7.15. The lowest BCUT2D eigenvalue weighted by atomic mass is 10.1. The van der Waals surface area contributed by atoms with Crippen molar-refractivity contribution in [2.75, 3.05) is 6.61 Å². The number of imidazole rings is 2. The zero-order chi connectivity index (χ0) is 20.7. The smallest absolute Gasteiger partial charge is 0.138 e. The molecule has 0 bridgehead atoms. The fourth-order valence-electron chi connectivity index (χ4n) is 3.55. The number of fused-ring (bicyclic) bond motifs is 2. The number of hydrogen-bond donors (Lipinski definition) is 3. The summed E-state index contributed by atoms with van der Waals surface area (Å²) in [6, 6.07) is 19.8. The number of aromatic nitrogens is 4. The summed E-state index contributed by atoms with van der Waals surface area (Å²) in [6.07, 6.45) is 0. The standard InChI is InChI=1S/C24H21N5O/c1-3-30-18-8-4-15(5-9-18)23-26-20-11-7-17(13-22(20)28-23)24-27-19-10-6-16(14(2)25)12-21(19)29-24/h4-13,25H,3H2,1-2H3,(H,26,28)(H,27,29). The monoisotopic (exact) mass is 395 g/mol. The maximum atomic E-state index is 7.83. The van der Waals surface area contributed by atoms with Gasteiger partial charge in [0.05, 0.1) is 28.7 Å². The van der Waals surface area contributed by atoms with Crippen molar-refractivity contribution in [1.29, 1.82) is 5.41 Å². The Hall–Kier alpha value is -3.93. The molecule has 5 rings (SSSR count). The molecule has 6 nitrogen and oxygen atoms in total. The van der Waals surface area contributed by atoms with Crippen molar-refractivity contribution in [1.82, 2.24) is 19.9 Å². The van der Waals surface area contributed by atoms with Gasteiger partial charge in [0.2, 0.25) is 0 Å². The molecule has 0 unspecified atom stereocenters. The zero-order valence-corrected chi connectivity index (χ0v) is 16.8. The average molecular weight is 395 g/mol. The molecular weight excluding hydrogens is 374 g/mol. The molecule has 0 saturated carbocycles. The van der Waals surface area contributed by atoms with Crippen LogP contribution in [0.1, 0.15) is 19.4 Å². The fourth-order valence-corrected chi connectivity index (χ4v) is 3.55. The van der Waals surface area contributed by atoms with Crippen LogP contribution in [-0.2, 0) is 0 Å². The number of aromatic amines is 2. The number of nitrogens with zero attached hydrogens (tertiary/aromatic N) is 2. The minimum atomic E-state index is 0.536. The number of rotatable bonds is 5. The van der Waals surface area contributed by atoms with Crippen molar-refractivity contribution in [2.24, 2.45) is 0 Å². The van der Waals surface area contributed by atoms with E-state index in [1.165, 1.54) is 0 Å². The Bertz CT molecular complexity index is 1380. The predicted octanol–water partition coefficient (Wildman–Crippen LogP) is 5.56. The molecule has 5 aromatic rings. The van der Waals surface area contributed by atoms with Gasteiger partial charge >= 0.3 is 0 Å². The zero-order valence-electron chi connectivity index (χ0n) is 16.8. The van der Waals surface area contributed by atoms with E-state index >= 15 is 0 Å². The Morgan fingerprint density at radius 3 is 2.10 bits per heavy atom. The molecule has 3 aromatic carbocycles. The fraction of sp³-hybridized carbons (Fsp3) is 0.125. The van der Waals surface area contributed by atoms with E-state index in [1.807, 2.05) is 61.5 Å². The molecule has 0 atom stereocenters. The van der Waals surface area contributed by atoms with E-state index in [-0.39, 0.29) is 0 Å². The molecule has 30 heavy (non-hydrogen) atoms. The van der Waals surface area contributed by atoms with Crippen molar-refractivity contribution in [2.45, 2.75) is 13.8 Å². The van der Waals surface area contributed by atoms with Gasteiger partial charge in [0.25, 0.3) is 0 Å². The number of benzene rings is 3. The van der Waals surface area contributed by atoms with Gasteiger partial charge in [0, 0.05) is 16.8 Å². The lowest BCUT2D eigenvalue weighted by Crippen LogP contribution is -1.90. The first kappa shape index (κ1) is 18.1. The van der Waals surface area contributed by atoms with Gasteiger partial charge in [-0.25, -0.2) is 9.97 Å². The normalized spacial score (nSPS) is 11.3. The van der Waals surface area contributed by atoms with E-state index in [2.05, 4.69) is 16.0 Å². The summed E-state index contributed by atoms with van der Waals surface area (Å²) in [7, 11) is 0. The average Bonchev–Trinajstić information content (AvgIpc) is 3.37. The number of hydrogen-bond acceptors (Lipinski definition) is 4. The van der Waals surface area contributed by atoms with Crippen LogP contribution in [0.5, 0.6) is 5.75 Å². The topological polar surface area (TPSA) is 90.4 Å². The molecule has 0 spiro atoms. The van der Waals surface area contributed by atoms with E-state index in [9.17, 15) is 0 Å². The second-order valence-electron chi connectivity index (χ2n) is 7.22. The van der Waals surface area contributed by atoms with Crippen LogP contribution in [0.2, 0.25) is 0 Å². The molecule has 0 aliphatic rings. The van der Waals surface area contributed by atoms with Gasteiger partial charge in [-0.15, -0.1) is 0 Å². The molecule has 6 heteroatoms. The minimum Gasteiger partial charge on any atom is -0.494 e. The van der Waals surface area contributed by atoms with Crippen LogP contribution in [-0.4, -0.2) is 32.3 Å². The highest BCUT2D eigenvalue weighted by Gasteiger charge is 2.10. The van der Waals surface area contributed by atoms with Gasteiger partial charge in [-0.2, -0.15) is 0 Å². The van der Waals surface area contributed by atoms with Crippen LogP contribution in [0.4, 0.5) is 0 Å². The summed E-state index contributed by atoms with van der Waals surface area (Å²) in [5.41, 5.74) is 7.08. The highest BCUT2D eigenvalue weighted by Crippen LogP contribution is 2.27. The van der Waals surface area contributed by atoms with Gasteiger partial charge in [0.1, 0.15) is 17.4 Å². The van der Waals surface area contributed by atoms with E-state index in [4.69, 9.17) is 20.1 Å². The van der Waals surface area contributed by atoms with Crippen molar-refractivity contribution >= 4 is 27.8 Å². The Balaban J connectivity index is 1.50. The van der Waals surface area contributed by atoms with E-state index in [0.717, 1.165) is 56.2 Å². The van der Waals surface area contributed by atoms with Gasteiger partial charge in [-0.3, -0.25) is 0 Å². The number of nitrogens with one attached hydrogen (secondary N) is 3. The maximum Gasteiger partial charge on any atom is 0.138 e. The van der Waals surface area contributed by atoms with Crippen LogP contribution in [0, 0.1) is 5.41 Å². The molecular formula is C24H21N5O.